The van der Waals surface area contributed by atoms with E-state index in [0.717, 1.165) is 19.4 Å². The van der Waals surface area contributed by atoms with Gasteiger partial charge in [-0.3, -0.25) is 9.80 Å². The maximum atomic E-state index is 11.2. The number of rotatable bonds is 5. The van der Waals surface area contributed by atoms with Crippen LogP contribution in [-0.2, 0) is 4.79 Å². The highest BCUT2D eigenvalue weighted by Gasteiger charge is 2.06. The molecule has 3 nitrogen and oxygen atoms in total. The summed E-state index contributed by atoms with van der Waals surface area (Å²) in [6.07, 6.45) is 2.20. The van der Waals surface area contributed by atoms with Crippen LogP contribution in [0.5, 0.6) is 0 Å². The Labute approximate surface area is 74.4 Å². The topological polar surface area (TPSA) is 32.3 Å². The molecule has 0 aromatic rings. The van der Waals surface area contributed by atoms with Gasteiger partial charge in [0, 0.05) is 19.2 Å². The van der Waals surface area contributed by atoms with Crippen molar-refractivity contribution in [1.82, 2.24) is 10.4 Å². The third kappa shape index (κ3) is 4.13. The number of hydrogen-bond donors (Lipinski definition) is 1. The van der Waals surface area contributed by atoms with Gasteiger partial charge in [-0.25, -0.2) is 5.43 Å². The monoisotopic (exact) mass is 170 g/mol. The first-order valence-electron chi connectivity index (χ1n) is 4.26. The van der Waals surface area contributed by atoms with E-state index in [9.17, 15) is 4.79 Å². The van der Waals surface area contributed by atoms with E-state index in [2.05, 4.69) is 18.9 Å². The summed E-state index contributed by atoms with van der Waals surface area (Å²) in [6.45, 7) is 8.23. The average Bonchev–Trinajstić information content (AvgIpc) is 2.03. The SMILES string of the molecule is C=C(C)C(=O)N(C)NCCCC. The lowest BCUT2D eigenvalue weighted by Gasteiger charge is -2.17. The first-order valence-corrected chi connectivity index (χ1v) is 4.26. The van der Waals surface area contributed by atoms with Crippen molar-refractivity contribution >= 4 is 5.91 Å². The van der Waals surface area contributed by atoms with Gasteiger partial charge >= 0.3 is 0 Å². The summed E-state index contributed by atoms with van der Waals surface area (Å²) in [4.78, 5) is 11.2. The molecule has 0 unspecified atom stereocenters. The molecular weight excluding hydrogens is 152 g/mol. The summed E-state index contributed by atoms with van der Waals surface area (Å²) in [5.74, 6) is -0.0499. The van der Waals surface area contributed by atoms with Crippen LogP contribution in [0.2, 0.25) is 0 Å². The number of likely N-dealkylation sites (N-methyl/N-ethyl adjacent to an activating group) is 1. The zero-order chi connectivity index (χ0) is 9.56. The standard InChI is InChI=1S/C9H18N2O/c1-5-6-7-10-11(4)9(12)8(2)3/h10H,2,5-7H2,1,3-4H3. The fourth-order valence-corrected chi connectivity index (χ4v) is 0.782. The molecule has 0 saturated heterocycles. The predicted molar refractivity (Wildman–Crippen MR) is 50.5 cm³/mol. The molecule has 0 aliphatic rings. The fraction of sp³-hybridized carbons (Fsp3) is 0.667. The molecule has 0 radical (unpaired) electrons. The third-order valence-electron chi connectivity index (χ3n) is 1.55. The minimum atomic E-state index is -0.0499. The van der Waals surface area contributed by atoms with Gasteiger partial charge in [0.2, 0.25) is 0 Å². The van der Waals surface area contributed by atoms with E-state index in [4.69, 9.17) is 0 Å². The van der Waals surface area contributed by atoms with Gasteiger partial charge in [0.25, 0.3) is 5.91 Å². The van der Waals surface area contributed by atoms with Gasteiger partial charge in [0.15, 0.2) is 0 Å². The number of nitrogens with zero attached hydrogens (tertiary/aromatic N) is 1. The van der Waals surface area contributed by atoms with Gasteiger partial charge in [0.1, 0.15) is 0 Å². The summed E-state index contributed by atoms with van der Waals surface area (Å²) in [7, 11) is 1.71. The lowest BCUT2D eigenvalue weighted by Crippen LogP contribution is -2.40. The van der Waals surface area contributed by atoms with Gasteiger partial charge in [-0.2, -0.15) is 0 Å². The van der Waals surface area contributed by atoms with Crippen molar-refractivity contribution in [3.8, 4) is 0 Å². The summed E-state index contributed by atoms with van der Waals surface area (Å²) < 4.78 is 0. The van der Waals surface area contributed by atoms with E-state index < -0.39 is 0 Å². The predicted octanol–water partition coefficient (Wildman–Crippen LogP) is 1.33. The van der Waals surface area contributed by atoms with Gasteiger partial charge < -0.3 is 0 Å². The number of amides is 1. The second kappa shape index (κ2) is 5.77. The number of unbranched alkanes of at least 4 members (excludes halogenated alkanes) is 1. The number of nitrogens with one attached hydrogen (secondary N) is 1. The van der Waals surface area contributed by atoms with Crippen LogP contribution in [0.3, 0.4) is 0 Å². The van der Waals surface area contributed by atoms with Gasteiger partial charge in [-0.15, -0.1) is 0 Å². The first kappa shape index (κ1) is 11.2. The number of hydrazine groups is 1. The molecule has 0 spiro atoms. The lowest BCUT2D eigenvalue weighted by molar-refractivity contribution is -0.128. The Bertz CT molecular complexity index is 166. The molecule has 0 rings (SSSR count). The maximum Gasteiger partial charge on any atom is 0.262 e. The average molecular weight is 170 g/mol. The van der Waals surface area contributed by atoms with E-state index in [1.165, 1.54) is 5.01 Å². The number of carbonyl (C=O) groups is 1. The van der Waals surface area contributed by atoms with Crippen molar-refractivity contribution in [3.05, 3.63) is 12.2 Å². The largest absolute Gasteiger partial charge is 0.277 e. The van der Waals surface area contributed by atoms with Crippen molar-refractivity contribution in [1.29, 1.82) is 0 Å². The Balaban J connectivity index is 3.64. The Morgan fingerprint density at radius 3 is 2.58 bits per heavy atom. The fourth-order valence-electron chi connectivity index (χ4n) is 0.782. The van der Waals surface area contributed by atoms with Gasteiger partial charge in [-0.1, -0.05) is 19.9 Å². The van der Waals surface area contributed by atoms with E-state index in [1.54, 1.807) is 14.0 Å². The molecule has 0 aromatic heterocycles. The summed E-state index contributed by atoms with van der Waals surface area (Å²) >= 11 is 0. The van der Waals surface area contributed by atoms with Crippen LogP contribution in [0.4, 0.5) is 0 Å². The highest BCUT2D eigenvalue weighted by molar-refractivity contribution is 5.91. The van der Waals surface area contributed by atoms with E-state index in [1.807, 2.05) is 0 Å². The Kier molecular flexibility index (Phi) is 5.37. The van der Waals surface area contributed by atoms with Crippen LogP contribution >= 0.6 is 0 Å². The van der Waals surface area contributed by atoms with Crippen molar-refractivity contribution in [2.24, 2.45) is 0 Å². The molecule has 0 saturated carbocycles. The normalized spacial score (nSPS) is 9.58. The highest BCUT2D eigenvalue weighted by atomic mass is 16.2. The van der Waals surface area contributed by atoms with Crippen molar-refractivity contribution in [2.45, 2.75) is 26.7 Å². The maximum absolute atomic E-state index is 11.2. The van der Waals surface area contributed by atoms with E-state index >= 15 is 0 Å². The minimum absolute atomic E-state index is 0.0499. The van der Waals surface area contributed by atoms with Crippen LogP contribution < -0.4 is 5.43 Å². The van der Waals surface area contributed by atoms with Crippen molar-refractivity contribution in [3.63, 3.8) is 0 Å². The zero-order valence-electron chi connectivity index (χ0n) is 8.18. The molecule has 3 heteroatoms. The third-order valence-corrected chi connectivity index (χ3v) is 1.55. The van der Waals surface area contributed by atoms with Crippen molar-refractivity contribution in [2.75, 3.05) is 13.6 Å². The summed E-state index contributed by atoms with van der Waals surface area (Å²) in [5.41, 5.74) is 3.54. The van der Waals surface area contributed by atoms with Crippen molar-refractivity contribution < 1.29 is 4.79 Å². The van der Waals surface area contributed by atoms with E-state index in [0.29, 0.717) is 5.57 Å². The van der Waals surface area contributed by atoms with Gasteiger partial charge in [0.05, 0.1) is 0 Å². The molecule has 0 aliphatic carbocycles. The molecule has 1 N–H and O–H groups in total. The van der Waals surface area contributed by atoms with Crippen LogP contribution in [0, 0.1) is 0 Å². The quantitative estimate of drug-likeness (QED) is 0.383. The van der Waals surface area contributed by atoms with Crippen LogP contribution in [0.15, 0.2) is 12.2 Å². The highest BCUT2D eigenvalue weighted by Crippen LogP contribution is 1.92. The Hall–Kier alpha value is -0.830. The number of carbonyl (C=O) groups excluding carboxylic acids is 1. The summed E-state index contributed by atoms with van der Waals surface area (Å²) in [6, 6.07) is 0. The smallest absolute Gasteiger partial charge is 0.262 e. The van der Waals surface area contributed by atoms with Crippen LogP contribution in [-0.4, -0.2) is 24.5 Å². The molecule has 70 valence electrons. The molecular formula is C9H18N2O. The van der Waals surface area contributed by atoms with E-state index in [-0.39, 0.29) is 5.91 Å². The second-order valence-electron chi connectivity index (χ2n) is 2.91. The number of hydrogen-bond acceptors (Lipinski definition) is 2. The second-order valence-corrected chi connectivity index (χ2v) is 2.91. The molecule has 0 heterocycles. The molecule has 0 bridgehead atoms. The van der Waals surface area contributed by atoms with Crippen LogP contribution in [0.25, 0.3) is 0 Å². The van der Waals surface area contributed by atoms with Crippen LogP contribution in [0.1, 0.15) is 26.7 Å². The Morgan fingerprint density at radius 2 is 2.17 bits per heavy atom. The first-order chi connectivity index (χ1) is 5.59. The molecule has 12 heavy (non-hydrogen) atoms. The molecule has 1 amide bonds. The lowest BCUT2D eigenvalue weighted by atomic mass is 10.3. The molecule has 0 aliphatic heterocycles. The van der Waals surface area contributed by atoms with Gasteiger partial charge in [-0.05, 0) is 13.3 Å². The molecule has 0 atom stereocenters. The zero-order valence-corrected chi connectivity index (χ0v) is 8.18. The molecule has 0 fully saturated rings. The Morgan fingerprint density at radius 1 is 1.58 bits per heavy atom. The molecule has 0 aromatic carbocycles. The minimum Gasteiger partial charge on any atom is -0.277 e. The summed E-state index contributed by atoms with van der Waals surface area (Å²) in [5, 5.41) is 1.48.